The zero-order chi connectivity index (χ0) is 25.6. The molecule has 9 nitrogen and oxygen atoms in total. The third-order valence-corrected chi connectivity index (χ3v) is 10.6. The molecule has 1 saturated heterocycles. The molecule has 0 saturated carbocycles. The zero-order valence-corrected chi connectivity index (χ0v) is 20.8. The standard InChI is InChI=1S/C12H28NO3Si.C2F6NO4S2/c1-12(2)13(9-7-6-8-10-13)11-17(14-3,15-4)16-5;3-1(4,5)14(10,11)9-15(12,13)2(6,7)8/h12H,6-11H2,1-5H3;/q+1;-1. The molecule has 1 heterocycles. The van der Waals surface area contributed by atoms with Crippen LogP contribution in [0.5, 0.6) is 0 Å². The lowest BCUT2D eigenvalue weighted by atomic mass is 10.1. The van der Waals surface area contributed by atoms with Gasteiger partial charge in [-0.25, -0.2) is 16.8 Å². The van der Waals surface area contributed by atoms with Crippen LogP contribution in [0.2, 0.25) is 0 Å². The van der Waals surface area contributed by atoms with Gasteiger partial charge in [-0.3, -0.25) is 0 Å². The number of piperidine rings is 1. The average Bonchev–Trinajstić information content (AvgIpc) is 2.65. The van der Waals surface area contributed by atoms with Gasteiger partial charge in [0.2, 0.25) is 0 Å². The van der Waals surface area contributed by atoms with Crippen LogP contribution in [0.15, 0.2) is 0 Å². The number of alkyl halides is 6. The molecule has 0 amide bonds. The molecular weight excluding hydrogens is 514 g/mol. The van der Waals surface area contributed by atoms with E-state index < -0.39 is 39.9 Å². The Bertz CT molecular complexity index is 743. The van der Waals surface area contributed by atoms with Crippen LogP contribution in [0.25, 0.3) is 4.13 Å². The summed E-state index contributed by atoms with van der Waals surface area (Å²) < 4.78 is 127. The SMILES string of the molecule is CO[Si](C[N+]1(C(C)C)CCCCC1)(OC)OC.O=S(=O)([N-]S(=O)(=O)C(F)(F)F)C(F)(F)F. The van der Waals surface area contributed by atoms with Crippen molar-refractivity contribution in [3.05, 3.63) is 4.13 Å². The third kappa shape index (κ3) is 8.07. The van der Waals surface area contributed by atoms with Gasteiger partial charge in [-0.1, -0.05) is 0 Å². The summed E-state index contributed by atoms with van der Waals surface area (Å²) in [5.41, 5.74) is -12.4. The maximum absolute atomic E-state index is 11.4. The van der Waals surface area contributed by atoms with Gasteiger partial charge in [0.1, 0.15) is 6.17 Å². The van der Waals surface area contributed by atoms with Gasteiger partial charge in [-0.05, 0) is 33.1 Å². The molecule has 0 aliphatic carbocycles. The highest BCUT2D eigenvalue weighted by Gasteiger charge is 2.50. The largest absolute Gasteiger partial charge is 0.558 e. The van der Waals surface area contributed by atoms with Crippen LogP contribution in [0.3, 0.4) is 0 Å². The van der Waals surface area contributed by atoms with E-state index in [1.807, 2.05) is 0 Å². The van der Waals surface area contributed by atoms with Crippen molar-refractivity contribution in [1.82, 2.24) is 0 Å². The number of rotatable bonds is 8. The Morgan fingerprint density at radius 3 is 1.41 bits per heavy atom. The Hall–Kier alpha value is -0.503. The second-order valence-corrected chi connectivity index (χ2v) is 13.5. The van der Waals surface area contributed by atoms with Gasteiger partial charge in [0.15, 0.2) is 20.0 Å². The maximum atomic E-state index is 11.4. The molecule has 0 atom stereocenters. The number of likely N-dealkylation sites (tertiary alicyclic amines) is 1. The zero-order valence-electron chi connectivity index (χ0n) is 18.2. The summed E-state index contributed by atoms with van der Waals surface area (Å²) in [6.07, 6.45) is 4.86. The van der Waals surface area contributed by atoms with Gasteiger partial charge in [0.05, 0.1) is 19.1 Å². The quantitative estimate of drug-likeness (QED) is 0.264. The van der Waals surface area contributed by atoms with E-state index in [9.17, 15) is 43.2 Å². The fourth-order valence-corrected chi connectivity index (χ4v) is 7.09. The maximum Gasteiger partial charge on any atom is 0.558 e. The highest BCUT2D eigenvalue weighted by atomic mass is 32.3. The molecule has 18 heteroatoms. The minimum atomic E-state index is -6.72. The van der Waals surface area contributed by atoms with E-state index in [0.717, 1.165) is 14.8 Å². The number of hydrogen-bond donors (Lipinski definition) is 0. The van der Waals surface area contributed by atoms with Gasteiger partial charge in [-0.15, -0.1) is 0 Å². The van der Waals surface area contributed by atoms with Crippen molar-refractivity contribution in [2.45, 2.75) is 50.2 Å². The topological polar surface area (TPSA) is 110 Å². The second kappa shape index (κ2) is 11.3. The van der Waals surface area contributed by atoms with Crippen molar-refractivity contribution in [3.8, 4) is 0 Å². The first-order chi connectivity index (χ1) is 14.2. The molecule has 194 valence electrons. The molecule has 1 fully saturated rings. The van der Waals surface area contributed by atoms with Gasteiger partial charge in [-0.2, -0.15) is 26.3 Å². The second-order valence-electron chi connectivity index (χ2n) is 7.19. The smallest absolute Gasteiger partial charge is 0.421 e. The van der Waals surface area contributed by atoms with Crippen LogP contribution in [-0.4, -0.2) is 87.8 Å². The molecule has 0 N–H and O–H groups in total. The molecule has 1 rings (SSSR count). The highest BCUT2D eigenvalue weighted by molar-refractivity contribution is 8.13. The van der Waals surface area contributed by atoms with Gasteiger partial charge in [0, 0.05) is 21.3 Å². The van der Waals surface area contributed by atoms with Crippen LogP contribution in [0.1, 0.15) is 33.1 Å². The number of nitrogens with zero attached hydrogens (tertiary/aromatic N) is 2. The van der Waals surface area contributed by atoms with Crippen LogP contribution >= 0.6 is 0 Å². The van der Waals surface area contributed by atoms with E-state index >= 15 is 0 Å². The monoisotopic (exact) mass is 542 g/mol. The molecule has 0 bridgehead atoms. The van der Waals surface area contributed by atoms with Crippen molar-refractivity contribution in [2.24, 2.45) is 0 Å². The van der Waals surface area contributed by atoms with Crippen molar-refractivity contribution < 1.29 is 60.9 Å². The highest BCUT2D eigenvalue weighted by Crippen LogP contribution is 2.36. The third-order valence-electron chi connectivity index (χ3n) is 5.03. The van der Waals surface area contributed by atoms with Crippen LogP contribution < -0.4 is 0 Å². The van der Waals surface area contributed by atoms with E-state index in [4.69, 9.17) is 13.3 Å². The number of hydrogen-bond acceptors (Lipinski definition) is 7. The summed E-state index contributed by atoms with van der Waals surface area (Å²) in [7, 11) is -10.8. The molecule has 0 spiro atoms. The molecule has 0 unspecified atom stereocenters. The first kappa shape index (κ1) is 31.5. The normalized spacial score (nSPS) is 18.2. The van der Waals surface area contributed by atoms with E-state index in [0.29, 0.717) is 6.04 Å². The number of sulfonamides is 2. The predicted molar refractivity (Wildman–Crippen MR) is 104 cm³/mol. The molecule has 32 heavy (non-hydrogen) atoms. The van der Waals surface area contributed by atoms with Gasteiger partial charge >= 0.3 is 19.8 Å². The lowest BCUT2D eigenvalue weighted by Crippen LogP contribution is -2.66. The molecule has 1 aliphatic rings. The minimum Gasteiger partial charge on any atom is -0.421 e. The van der Waals surface area contributed by atoms with E-state index in [1.165, 1.54) is 32.4 Å². The van der Waals surface area contributed by atoms with Crippen molar-refractivity contribution in [2.75, 3.05) is 40.6 Å². The Morgan fingerprint density at radius 1 is 0.812 bits per heavy atom. The van der Waals surface area contributed by atoms with Crippen molar-refractivity contribution >= 4 is 28.9 Å². The summed E-state index contributed by atoms with van der Waals surface area (Å²) >= 11 is 0. The number of halogens is 6. The lowest BCUT2D eigenvalue weighted by molar-refractivity contribution is -0.945. The molecule has 1 aliphatic heterocycles. The van der Waals surface area contributed by atoms with Crippen molar-refractivity contribution in [1.29, 1.82) is 0 Å². The molecular formula is C14H28F6N2O7S2Si. The minimum absolute atomic E-state index is 0.600. The molecule has 0 aromatic heterocycles. The van der Waals surface area contributed by atoms with E-state index in [1.54, 1.807) is 21.3 Å². The van der Waals surface area contributed by atoms with E-state index in [2.05, 4.69) is 13.8 Å². The summed E-state index contributed by atoms with van der Waals surface area (Å²) in [6.45, 7) is 7.04. The Labute approximate surface area is 185 Å². The van der Waals surface area contributed by atoms with E-state index in [-0.39, 0.29) is 0 Å². The average molecular weight is 543 g/mol. The first-order valence-electron chi connectivity index (χ1n) is 9.13. The van der Waals surface area contributed by atoms with Crippen LogP contribution in [0.4, 0.5) is 26.3 Å². The number of quaternary nitrogens is 1. The molecule has 0 aromatic carbocycles. The van der Waals surface area contributed by atoms with Gasteiger partial charge < -0.3 is 21.9 Å². The van der Waals surface area contributed by atoms with Gasteiger partial charge in [0.25, 0.3) is 0 Å². The van der Waals surface area contributed by atoms with Crippen molar-refractivity contribution in [3.63, 3.8) is 0 Å². The summed E-state index contributed by atoms with van der Waals surface area (Å²) in [5, 5.41) is 0. The Kier molecular flexibility index (Phi) is 11.1. The fraction of sp³-hybridized carbons (Fsp3) is 1.00. The summed E-state index contributed by atoms with van der Waals surface area (Å²) in [5.74, 6) is 0. The lowest BCUT2D eigenvalue weighted by Gasteiger charge is -2.47. The Morgan fingerprint density at radius 2 is 1.16 bits per heavy atom. The fourth-order valence-electron chi connectivity index (χ4n) is 3.04. The summed E-state index contributed by atoms with van der Waals surface area (Å²) in [6, 6.07) is 0.600. The molecule has 0 radical (unpaired) electrons. The van der Waals surface area contributed by atoms with Crippen LogP contribution in [-0.2, 0) is 33.3 Å². The Balaban J connectivity index is 0.000000607. The summed E-state index contributed by atoms with van der Waals surface area (Å²) in [4.78, 5) is 0. The first-order valence-corrected chi connectivity index (χ1v) is 13.9. The van der Waals surface area contributed by atoms with Crippen LogP contribution in [0, 0.1) is 0 Å². The predicted octanol–water partition coefficient (Wildman–Crippen LogP) is 2.87. The molecule has 0 aromatic rings.